The minimum atomic E-state index is -0.937. The molecule has 26 heavy (non-hydrogen) atoms. The van der Waals surface area contributed by atoms with E-state index in [0.717, 1.165) is 0 Å². The number of aryl methyl sites for hydroxylation is 1. The first kappa shape index (κ1) is 21.2. The highest BCUT2D eigenvalue weighted by Gasteiger charge is 2.24. The van der Waals surface area contributed by atoms with Crippen molar-refractivity contribution in [3.63, 3.8) is 0 Å². The van der Waals surface area contributed by atoms with Crippen molar-refractivity contribution in [1.82, 2.24) is 5.32 Å². The molecule has 0 fully saturated rings. The molecule has 0 aliphatic heterocycles. The zero-order valence-corrected chi connectivity index (χ0v) is 14.8. The molecular weight excluding hydrogens is 352 g/mol. The monoisotopic (exact) mass is 374 g/mol. The molecule has 11 heteroatoms. The van der Waals surface area contributed by atoms with Gasteiger partial charge in [0.15, 0.2) is 18.1 Å². The lowest BCUT2D eigenvalue weighted by Gasteiger charge is -2.19. The van der Waals surface area contributed by atoms with Crippen molar-refractivity contribution in [2.75, 3.05) is 6.61 Å². The molecule has 1 atom stereocenters. The van der Waals surface area contributed by atoms with Crippen LogP contribution in [-0.2, 0) is 25.8 Å². The van der Waals surface area contributed by atoms with E-state index < -0.39 is 28.8 Å². The first-order valence-electron chi connectivity index (χ1n) is 8.01. The highest BCUT2D eigenvalue weighted by Crippen LogP contribution is 2.11. The number of carbonyl (C=O) groups excluding carboxylic acids is 2. The first-order chi connectivity index (χ1) is 12.2. The quantitative estimate of drug-likeness (QED) is 0.260. The standard InChI is InChI=1S/C15H22N2O9/c1-9(2)7-11(16-13(18)5-4-6-24-17(21)22)14(19)23-8-12-10(3)25-15(20)26-12/h9,11H,4-8H2,1-3H3,(H,16,18). The lowest BCUT2D eigenvalue weighted by molar-refractivity contribution is -0.757. The lowest BCUT2D eigenvalue weighted by Crippen LogP contribution is -2.42. The summed E-state index contributed by atoms with van der Waals surface area (Å²) in [6, 6.07) is -0.891. The van der Waals surface area contributed by atoms with Gasteiger partial charge >= 0.3 is 11.8 Å². The Bertz CT molecular complexity index is 677. The lowest BCUT2D eigenvalue weighted by atomic mass is 10.0. The molecule has 11 nitrogen and oxygen atoms in total. The third kappa shape index (κ3) is 7.81. The number of amides is 1. The molecule has 146 valence electrons. The normalized spacial score (nSPS) is 11.8. The molecule has 0 radical (unpaired) electrons. The Morgan fingerprint density at radius 2 is 2.00 bits per heavy atom. The van der Waals surface area contributed by atoms with Crippen LogP contribution < -0.4 is 11.1 Å². The Kier molecular flexibility index (Phi) is 8.32. The van der Waals surface area contributed by atoms with E-state index in [1.54, 1.807) is 0 Å². The summed E-state index contributed by atoms with van der Waals surface area (Å²) in [5.41, 5.74) is 0. The molecule has 0 saturated heterocycles. The fraction of sp³-hybridized carbons (Fsp3) is 0.667. The van der Waals surface area contributed by atoms with Crippen molar-refractivity contribution >= 4 is 11.9 Å². The van der Waals surface area contributed by atoms with E-state index in [9.17, 15) is 24.5 Å². The van der Waals surface area contributed by atoms with Gasteiger partial charge in [0, 0.05) is 6.42 Å². The number of carbonyl (C=O) groups is 2. The van der Waals surface area contributed by atoms with E-state index in [4.69, 9.17) is 9.15 Å². The van der Waals surface area contributed by atoms with E-state index in [2.05, 4.69) is 14.6 Å². The van der Waals surface area contributed by atoms with E-state index in [1.807, 2.05) is 13.8 Å². The topological polar surface area (TPSA) is 151 Å². The van der Waals surface area contributed by atoms with Crippen LogP contribution in [0.5, 0.6) is 0 Å². The van der Waals surface area contributed by atoms with E-state index in [0.29, 0.717) is 6.42 Å². The molecular formula is C15H22N2O9. The fourth-order valence-electron chi connectivity index (χ4n) is 2.07. The average Bonchev–Trinajstić information content (AvgIpc) is 2.85. The van der Waals surface area contributed by atoms with E-state index in [1.165, 1.54) is 6.92 Å². The largest absolute Gasteiger partial charge is 0.519 e. The van der Waals surface area contributed by atoms with Crippen LogP contribution >= 0.6 is 0 Å². The van der Waals surface area contributed by atoms with Crippen LogP contribution in [0.3, 0.4) is 0 Å². The second-order valence-electron chi connectivity index (χ2n) is 5.95. The summed E-state index contributed by atoms with van der Waals surface area (Å²) >= 11 is 0. The van der Waals surface area contributed by atoms with Crippen molar-refractivity contribution in [2.24, 2.45) is 5.92 Å². The maximum atomic E-state index is 12.2. The van der Waals surface area contributed by atoms with Gasteiger partial charge in [0.2, 0.25) is 5.91 Å². The van der Waals surface area contributed by atoms with Crippen LogP contribution in [0.15, 0.2) is 13.6 Å². The van der Waals surface area contributed by atoms with Gasteiger partial charge in [0.1, 0.15) is 6.04 Å². The molecule has 0 saturated carbocycles. The Morgan fingerprint density at radius 1 is 1.31 bits per heavy atom. The number of nitrogens with zero attached hydrogens (tertiary/aromatic N) is 1. The predicted molar refractivity (Wildman–Crippen MR) is 85.3 cm³/mol. The molecule has 1 aromatic rings. The summed E-state index contributed by atoms with van der Waals surface area (Å²) in [7, 11) is 0. The smallest absolute Gasteiger partial charge is 0.456 e. The number of hydrogen-bond acceptors (Lipinski definition) is 9. The van der Waals surface area contributed by atoms with Crippen LogP contribution in [0.25, 0.3) is 0 Å². The van der Waals surface area contributed by atoms with Crippen LogP contribution in [0.1, 0.15) is 44.6 Å². The van der Waals surface area contributed by atoms with Crippen molar-refractivity contribution in [2.45, 2.75) is 52.7 Å². The Morgan fingerprint density at radius 3 is 2.54 bits per heavy atom. The Labute approximate surface area is 148 Å². The predicted octanol–water partition coefficient (Wildman–Crippen LogP) is 1.10. The van der Waals surface area contributed by atoms with Gasteiger partial charge in [-0.3, -0.25) is 4.79 Å². The zero-order chi connectivity index (χ0) is 19.7. The molecule has 1 N–H and O–H groups in total. The van der Waals surface area contributed by atoms with Crippen LogP contribution in [-0.4, -0.2) is 29.6 Å². The van der Waals surface area contributed by atoms with Gasteiger partial charge in [0.05, 0.1) is 6.61 Å². The van der Waals surface area contributed by atoms with Gasteiger partial charge in [-0.15, -0.1) is 10.1 Å². The molecule has 0 aliphatic carbocycles. The molecule has 0 spiro atoms. The molecule has 0 aliphatic rings. The van der Waals surface area contributed by atoms with Crippen molar-refractivity contribution in [1.29, 1.82) is 0 Å². The highest BCUT2D eigenvalue weighted by atomic mass is 16.9. The van der Waals surface area contributed by atoms with Crippen LogP contribution in [0, 0.1) is 23.0 Å². The van der Waals surface area contributed by atoms with Gasteiger partial charge < -0.3 is 23.7 Å². The number of esters is 1. The molecule has 0 aromatic carbocycles. The molecule has 1 aromatic heterocycles. The van der Waals surface area contributed by atoms with Crippen molar-refractivity contribution < 1.29 is 33.1 Å². The maximum absolute atomic E-state index is 12.2. The number of ether oxygens (including phenoxy) is 1. The number of hydrogen-bond donors (Lipinski definition) is 1. The molecule has 0 bridgehead atoms. The average molecular weight is 374 g/mol. The van der Waals surface area contributed by atoms with Gasteiger partial charge in [-0.1, -0.05) is 13.8 Å². The van der Waals surface area contributed by atoms with Gasteiger partial charge in [-0.2, -0.15) is 0 Å². The number of rotatable bonds is 11. The molecule has 1 heterocycles. The second kappa shape index (κ2) is 10.2. The minimum Gasteiger partial charge on any atom is -0.456 e. The van der Waals surface area contributed by atoms with Gasteiger partial charge in [-0.25, -0.2) is 9.59 Å². The second-order valence-corrected chi connectivity index (χ2v) is 5.95. The first-order valence-corrected chi connectivity index (χ1v) is 8.01. The highest BCUT2D eigenvalue weighted by molar-refractivity contribution is 5.84. The number of nitrogens with one attached hydrogen (secondary N) is 1. The summed E-state index contributed by atoms with van der Waals surface area (Å²) in [5, 5.41) is 11.6. The van der Waals surface area contributed by atoms with Crippen LogP contribution in [0.4, 0.5) is 0 Å². The van der Waals surface area contributed by atoms with Crippen molar-refractivity contribution in [3.05, 3.63) is 32.3 Å². The minimum absolute atomic E-state index is 0.0363. The summed E-state index contributed by atoms with van der Waals surface area (Å²) in [6.45, 7) is 4.73. The third-order valence-corrected chi connectivity index (χ3v) is 3.25. The molecule has 1 unspecified atom stereocenters. The summed E-state index contributed by atoms with van der Waals surface area (Å²) in [6.07, 6.45) is 0.436. The SMILES string of the molecule is Cc1oc(=O)oc1COC(=O)C(CC(C)C)NC(=O)CCCO[N+](=O)[O-]. The Balaban J connectivity index is 2.54. The van der Waals surface area contributed by atoms with Crippen molar-refractivity contribution in [3.8, 4) is 0 Å². The maximum Gasteiger partial charge on any atom is 0.519 e. The summed E-state index contributed by atoms with van der Waals surface area (Å²) in [5.74, 6) is -1.63. The summed E-state index contributed by atoms with van der Waals surface area (Å²) in [4.78, 5) is 49.2. The Hall–Kier alpha value is -2.85. The van der Waals surface area contributed by atoms with E-state index >= 15 is 0 Å². The fourth-order valence-corrected chi connectivity index (χ4v) is 2.07. The summed E-state index contributed by atoms with van der Waals surface area (Å²) < 4.78 is 14.5. The van der Waals surface area contributed by atoms with Gasteiger partial charge in [0.25, 0.3) is 5.09 Å². The van der Waals surface area contributed by atoms with Crippen LogP contribution in [0.2, 0.25) is 0 Å². The third-order valence-electron chi connectivity index (χ3n) is 3.25. The van der Waals surface area contributed by atoms with E-state index in [-0.39, 0.29) is 43.5 Å². The zero-order valence-electron chi connectivity index (χ0n) is 14.8. The molecule has 1 rings (SSSR count). The van der Waals surface area contributed by atoms with Gasteiger partial charge in [-0.05, 0) is 25.7 Å². The molecule has 1 amide bonds.